The Hall–Kier alpha value is -8.40. The summed E-state index contributed by atoms with van der Waals surface area (Å²) in [5.41, 5.74) is 17.6. The van der Waals surface area contributed by atoms with Gasteiger partial charge in [0, 0.05) is 49.6 Å². The summed E-state index contributed by atoms with van der Waals surface area (Å²) in [5.74, 6) is 0. The van der Waals surface area contributed by atoms with E-state index in [0.717, 1.165) is 78.0 Å². The number of furan rings is 1. The molecule has 0 spiro atoms. The molecule has 0 N–H and O–H groups in total. The second kappa shape index (κ2) is 15.3. The predicted molar refractivity (Wildman–Crippen MR) is 264 cm³/mol. The van der Waals surface area contributed by atoms with Crippen LogP contribution in [0, 0.1) is 0 Å². The molecular formula is C60H40N2O. The molecule has 12 aromatic rings. The molecule has 0 unspecified atom stereocenters. The number of anilines is 3. The molecule has 10 aromatic carbocycles. The number of nitrogens with zero attached hydrogens (tertiary/aromatic N) is 2. The maximum atomic E-state index is 6.63. The SMILES string of the molecule is c1ccc(-c2ccc(N(c3ccc4c5ccccc5n(-c5ccccc5-c5cccc6c5oc5ccccc56)c4c3)c3ccccc3-c3cccc(-c4ccccc4)c3)cc2)cc1. The molecule has 296 valence electrons. The van der Waals surface area contributed by atoms with Crippen molar-refractivity contribution < 1.29 is 4.42 Å². The van der Waals surface area contributed by atoms with E-state index >= 15 is 0 Å². The van der Waals surface area contributed by atoms with Gasteiger partial charge in [0.05, 0.1) is 22.4 Å². The monoisotopic (exact) mass is 804 g/mol. The van der Waals surface area contributed by atoms with Gasteiger partial charge in [-0.25, -0.2) is 0 Å². The topological polar surface area (TPSA) is 21.3 Å². The van der Waals surface area contributed by atoms with Crippen LogP contribution in [0.1, 0.15) is 0 Å². The van der Waals surface area contributed by atoms with Gasteiger partial charge in [-0.05, 0) is 82.4 Å². The van der Waals surface area contributed by atoms with Crippen LogP contribution in [0.2, 0.25) is 0 Å². The van der Waals surface area contributed by atoms with Gasteiger partial charge < -0.3 is 13.9 Å². The highest BCUT2D eigenvalue weighted by Gasteiger charge is 2.22. The third-order valence-electron chi connectivity index (χ3n) is 12.4. The molecule has 3 nitrogen and oxygen atoms in total. The fraction of sp³-hybridized carbons (Fsp3) is 0. The molecule has 2 heterocycles. The zero-order valence-corrected chi connectivity index (χ0v) is 34.4. The van der Waals surface area contributed by atoms with Gasteiger partial charge in [0.2, 0.25) is 0 Å². The Morgan fingerprint density at radius 2 is 0.873 bits per heavy atom. The second-order valence-electron chi connectivity index (χ2n) is 16.1. The van der Waals surface area contributed by atoms with E-state index in [1.54, 1.807) is 0 Å². The summed E-state index contributed by atoms with van der Waals surface area (Å²) in [6.45, 7) is 0. The number of rotatable bonds is 8. The summed E-state index contributed by atoms with van der Waals surface area (Å²) >= 11 is 0. The van der Waals surface area contributed by atoms with Crippen LogP contribution in [0.4, 0.5) is 17.1 Å². The maximum Gasteiger partial charge on any atom is 0.143 e. The molecule has 0 radical (unpaired) electrons. The van der Waals surface area contributed by atoms with Crippen molar-refractivity contribution in [3.63, 3.8) is 0 Å². The lowest BCUT2D eigenvalue weighted by atomic mass is 9.97. The average molecular weight is 805 g/mol. The number of benzene rings is 10. The summed E-state index contributed by atoms with van der Waals surface area (Å²) in [5, 5.41) is 4.63. The first-order valence-corrected chi connectivity index (χ1v) is 21.5. The normalized spacial score (nSPS) is 11.5. The van der Waals surface area contributed by atoms with Crippen molar-refractivity contribution in [3.8, 4) is 50.2 Å². The van der Waals surface area contributed by atoms with Gasteiger partial charge in [-0.2, -0.15) is 0 Å². The van der Waals surface area contributed by atoms with E-state index in [1.807, 2.05) is 6.07 Å². The minimum absolute atomic E-state index is 0.892. The molecule has 0 aliphatic heterocycles. The molecule has 0 atom stereocenters. The Kier molecular flexibility index (Phi) is 8.83. The predicted octanol–water partition coefficient (Wildman–Crippen LogP) is 16.8. The van der Waals surface area contributed by atoms with Crippen LogP contribution in [0.5, 0.6) is 0 Å². The molecular weight excluding hydrogens is 765 g/mol. The van der Waals surface area contributed by atoms with Gasteiger partial charge in [-0.1, -0.05) is 188 Å². The molecule has 0 aliphatic carbocycles. The van der Waals surface area contributed by atoms with Crippen LogP contribution in [-0.2, 0) is 0 Å². The molecule has 3 heteroatoms. The molecule has 63 heavy (non-hydrogen) atoms. The molecule has 2 aromatic heterocycles. The van der Waals surface area contributed by atoms with E-state index in [0.29, 0.717) is 0 Å². The average Bonchev–Trinajstić information content (AvgIpc) is 3.91. The lowest BCUT2D eigenvalue weighted by Gasteiger charge is -2.28. The number of para-hydroxylation sites is 5. The molecule has 0 saturated heterocycles. The van der Waals surface area contributed by atoms with E-state index in [4.69, 9.17) is 4.42 Å². The zero-order chi connectivity index (χ0) is 41.7. The first-order valence-electron chi connectivity index (χ1n) is 21.5. The Balaban J connectivity index is 1.08. The third-order valence-corrected chi connectivity index (χ3v) is 12.4. The van der Waals surface area contributed by atoms with Gasteiger partial charge in [0.15, 0.2) is 0 Å². The first kappa shape index (κ1) is 36.5. The van der Waals surface area contributed by atoms with E-state index in [2.05, 4.69) is 246 Å². The summed E-state index contributed by atoms with van der Waals surface area (Å²) in [7, 11) is 0. The number of fused-ring (bicyclic) bond motifs is 6. The molecule has 0 bridgehead atoms. The Bertz CT molecular complexity index is 3620. The molecule has 0 aliphatic rings. The fourth-order valence-electron chi connectivity index (χ4n) is 9.48. The summed E-state index contributed by atoms with van der Waals surface area (Å²) in [4.78, 5) is 2.42. The summed E-state index contributed by atoms with van der Waals surface area (Å²) in [6.07, 6.45) is 0. The maximum absolute atomic E-state index is 6.63. The Morgan fingerprint density at radius 1 is 0.317 bits per heavy atom. The van der Waals surface area contributed by atoms with Crippen molar-refractivity contribution >= 4 is 60.8 Å². The van der Waals surface area contributed by atoms with Crippen molar-refractivity contribution in [2.45, 2.75) is 0 Å². The van der Waals surface area contributed by atoms with E-state index < -0.39 is 0 Å². The van der Waals surface area contributed by atoms with Crippen LogP contribution in [0.3, 0.4) is 0 Å². The zero-order valence-electron chi connectivity index (χ0n) is 34.4. The third kappa shape index (κ3) is 6.29. The summed E-state index contributed by atoms with van der Waals surface area (Å²) in [6, 6.07) is 87.1. The summed E-state index contributed by atoms with van der Waals surface area (Å²) < 4.78 is 9.08. The van der Waals surface area contributed by atoms with Gasteiger partial charge in [0.25, 0.3) is 0 Å². The van der Waals surface area contributed by atoms with E-state index in [-0.39, 0.29) is 0 Å². The minimum Gasteiger partial charge on any atom is -0.455 e. The van der Waals surface area contributed by atoms with Gasteiger partial charge in [0.1, 0.15) is 11.2 Å². The van der Waals surface area contributed by atoms with Crippen molar-refractivity contribution in [2.75, 3.05) is 4.90 Å². The highest BCUT2D eigenvalue weighted by atomic mass is 16.3. The largest absolute Gasteiger partial charge is 0.455 e. The molecule has 0 saturated carbocycles. The van der Waals surface area contributed by atoms with Gasteiger partial charge in [-0.3, -0.25) is 0 Å². The molecule has 12 rings (SSSR count). The molecule has 0 fully saturated rings. The number of hydrogen-bond donors (Lipinski definition) is 0. The van der Waals surface area contributed by atoms with Crippen molar-refractivity contribution in [2.24, 2.45) is 0 Å². The van der Waals surface area contributed by atoms with Crippen LogP contribution >= 0.6 is 0 Å². The van der Waals surface area contributed by atoms with Crippen molar-refractivity contribution in [1.29, 1.82) is 0 Å². The number of hydrogen-bond acceptors (Lipinski definition) is 2. The molecule has 0 amide bonds. The standard InChI is InChI=1S/C60H40N2O/c1-3-17-41(18-4-1)43-33-35-46(36-34-43)61(55-29-11-7-23-48(55)45-22-15-21-44(39-45)42-19-5-2-6-20-42)47-37-38-51-49-24-8-12-30-56(49)62(58(51)40-47)57-31-13-9-25-50(57)53-27-16-28-54-52-26-10-14-32-59(52)63-60(53)54/h1-40H. The van der Waals surface area contributed by atoms with Crippen LogP contribution < -0.4 is 4.90 Å². The quantitative estimate of drug-likeness (QED) is 0.153. The van der Waals surface area contributed by atoms with Crippen molar-refractivity contribution in [3.05, 3.63) is 243 Å². The van der Waals surface area contributed by atoms with Crippen molar-refractivity contribution in [1.82, 2.24) is 4.57 Å². The lowest BCUT2D eigenvalue weighted by molar-refractivity contribution is 0.670. The number of aromatic nitrogens is 1. The second-order valence-corrected chi connectivity index (χ2v) is 16.1. The highest BCUT2D eigenvalue weighted by molar-refractivity contribution is 6.13. The van der Waals surface area contributed by atoms with E-state index in [9.17, 15) is 0 Å². The lowest BCUT2D eigenvalue weighted by Crippen LogP contribution is -2.11. The smallest absolute Gasteiger partial charge is 0.143 e. The van der Waals surface area contributed by atoms with Crippen LogP contribution in [-0.4, -0.2) is 4.57 Å². The fourth-order valence-corrected chi connectivity index (χ4v) is 9.48. The van der Waals surface area contributed by atoms with Gasteiger partial charge in [-0.15, -0.1) is 0 Å². The Labute approximate surface area is 366 Å². The minimum atomic E-state index is 0.892. The Morgan fingerprint density at radius 3 is 1.70 bits per heavy atom. The van der Waals surface area contributed by atoms with E-state index in [1.165, 1.54) is 33.0 Å². The van der Waals surface area contributed by atoms with Crippen LogP contribution in [0.25, 0.3) is 93.9 Å². The highest BCUT2D eigenvalue weighted by Crippen LogP contribution is 2.45. The first-order chi connectivity index (χ1) is 31.3. The van der Waals surface area contributed by atoms with Gasteiger partial charge >= 0.3 is 0 Å². The van der Waals surface area contributed by atoms with Crippen LogP contribution in [0.15, 0.2) is 247 Å².